The van der Waals surface area contributed by atoms with E-state index in [1.165, 1.54) is 11.3 Å². The quantitative estimate of drug-likeness (QED) is 0.842. The molecular weight excluding hydrogens is 274 g/mol. The molecule has 0 N–H and O–H groups in total. The lowest BCUT2D eigenvalue weighted by atomic mass is 10.3. The summed E-state index contributed by atoms with van der Waals surface area (Å²) in [6.07, 6.45) is 0. The Morgan fingerprint density at radius 2 is 2.11 bits per heavy atom. The average molecular weight is 285 g/mol. The zero-order valence-corrected chi connectivity index (χ0v) is 11.3. The first kappa shape index (κ1) is 11.7. The Morgan fingerprint density at radius 1 is 1.33 bits per heavy atom. The number of ether oxygens (including phenoxy) is 2. The van der Waals surface area contributed by atoms with E-state index in [0.29, 0.717) is 30.2 Å². The van der Waals surface area contributed by atoms with Crippen molar-refractivity contribution in [2.45, 2.75) is 11.3 Å². The first-order valence-electron chi connectivity index (χ1n) is 5.53. The molecule has 0 atom stereocenters. The lowest BCUT2D eigenvalue weighted by molar-refractivity contribution is 0.173. The van der Waals surface area contributed by atoms with Gasteiger partial charge in [0.1, 0.15) is 18.7 Å². The molecule has 0 saturated carbocycles. The number of fused-ring (bicyclic) bond motifs is 3. The largest absolute Gasteiger partial charge is 0.486 e. The van der Waals surface area contributed by atoms with E-state index in [0.717, 1.165) is 4.70 Å². The smallest absolute Gasteiger partial charge is 0.210 e. The third kappa shape index (κ3) is 1.74. The molecular formula is C11H11NO4S2. The van der Waals surface area contributed by atoms with E-state index < -0.39 is 9.84 Å². The molecule has 2 heterocycles. The first-order valence-corrected chi connectivity index (χ1v) is 8.00. The van der Waals surface area contributed by atoms with Crippen molar-refractivity contribution in [1.29, 1.82) is 0 Å². The summed E-state index contributed by atoms with van der Waals surface area (Å²) in [5, 5.41) is 0. The topological polar surface area (TPSA) is 65.5 Å². The second-order valence-electron chi connectivity index (χ2n) is 3.82. The van der Waals surface area contributed by atoms with Crippen LogP contribution in [0.3, 0.4) is 0 Å². The van der Waals surface area contributed by atoms with Crippen LogP contribution in [-0.2, 0) is 9.84 Å². The lowest BCUT2D eigenvalue weighted by Gasteiger charge is -2.17. The van der Waals surface area contributed by atoms with E-state index >= 15 is 0 Å². The standard InChI is InChI=1S/C11H11NO4S2/c1-2-18(13,14)11-12-9-8(17-11)4-3-7-10(9)16-6-5-15-7/h3-4H,2,5-6H2,1H3. The summed E-state index contributed by atoms with van der Waals surface area (Å²) < 4.78 is 35.5. The molecule has 5 nitrogen and oxygen atoms in total. The van der Waals surface area contributed by atoms with Crippen molar-refractivity contribution in [1.82, 2.24) is 4.98 Å². The van der Waals surface area contributed by atoms with Crippen molar-refractivity contribution in [2.24, 2.45) is 0 Å². The minimum Gasteiger partial charge on any atom is -0.486 e. The van der Waals surface area contributed by atoms with E-state index in [-0.39, 0.29) is 10.1 Å². The normalized spacial score (nSPS) is 14.9. The predicted octanol–water partition coefficient (Wildman–Crippen LogP) is 1.86. The first-order chi connectivity index (χ1) is 8.62. The Hall–Kier alpha value is -1.34. The van der Waals surface area contributed by atoms with Crippen LogP contribution in [0.25, 0.3) is 10.2 Å². The molecule has 96 valence electrons. The number of sulfone groups is 1. The monoisotopic (exact) mass is 285 g/mol. The Balaban J connectivity index is 2.24. The van der Waals surface area contributed by atoms with Gasteiger partial charge in [-0.3, -0.25) is 0 Å². The highest BCUT2D eigenvalue weighted by Gasteiger charge is 2.22. The molecule has 18 heavy (non-hydrogen) atoms. The predicted molar refractivity (Wildman–Crippen MR) is 68.3 cm³/mol. The molecule has 3 rings (SSSR count). The van der Waals surface area contributed by atoms with Crippen molar-refractivity contribution in [3.8, 4) is 11.5 Å². The fraction of sp³-hybridized carbons (Fsp3) is 0.364. The fourth-order valence-electron chi connectivity index (χ4n) is 1.74. The molecule has 1 aliphatic heterocycles. The number of hydrogen-bond acceptors (Lipinski definition) is 6. The van der Waals surface area contributed by atoms with E-state index in [2.05, 4.69) is 4.98 Å². The minimum absolute atomic E-state index is 0.0480. The van der Waals surface area contributed by atoms with Crippen LogP contribution >= 0.6 is 11.3 Å². The second-order valence-corrected chi connectivity index (χ2v) is 7.30. The maximum atomic E-state index is 11.8. The van der Waals surface area contributed by atoms with E-state index in [4.69, 9.17) is 9.47 Å². The summed E-state index contributed by atoms with van der Waals surface area (Å²) in [5.41, 5.74) is 0.573. The highest BCUT2D eigenvalue weighted by atomic mass is 32.2. The number of thiazole rings is 1. The van der Waals surface area contributed by atoms with Gasteiger partial charge in [-0.2, -0.15) is 0 Å². The lowest BCUT2D eigenvalue weighted by Crippen LogP contribution is -2.15. The molecule has 7 heteroatoms. The van der Waals surface area contributed by atoms with E-state index in [9.17, 15) is 8.42 Å². The van der Waals surface area contributed by atoms with Crippen molar-refractivity contribution in [2.75, 3.05) is 19.0 Å². The molecule has 1 aromatic carbocycles. The van der Waals surface area contributed by atoms with Gasteiger partial charge in [-0.25, -0.2) is 13.4 Å². The summed E-state index contributed by atoms with van der Waals surface area (Å²) in [6, 6.07) is 3.60. The highest BCUT2D eigenvalue weighted by Crippen LogP contribution is 2.40. The summed E-state index contributed by atoms with van der Waals surface area (Å²) in [5.74, 6) is 1.22. The molecule has 0 fully saturated rings. The minimum atomic E-state index is -3.28. The van der Waals surface area contributed by atoms with Crippen LogP contribution in [0.4, 0.5) is 0 Å². The van der Waals surface area contributed by atoms with Crippen LogP contribution in [-0.4, -0.2) is 32.4 Å². The summed E-state index contributed by atoms with van der Waals surface area (Å²) in [6.45, 7) is 2.57. The SMILES string of the molecule is CCS(=O)(=O)c1nc2c3c(ccc2s1)OCCO3. The fourth-order valence-corrected chi connectivity index (χ4v) is 4.04. The summed E-state index contributed by atoms with van der Waals surface area (Å²) >= 11 is 1.17. The second kappa shape index (κ2) is 4.10. The van der Waals surface area contributed by atoms with Gasteiger partial charge in [-0.15, -0.1) is 11.3 Å². The van der Waals surface area contributed by atoms with Gasteiger partial charge in [0.25, 0.3) is 0 Å². The van der Waals surface area contributed by atoms with Crippen molar-refractivity contribution in [3.05, 3.63) is 12.1 Å². The van der Waals surface area contributed by atoms with Gasteiger partial charge in [-0.1, -0.05) is 6.92 Å². The molecule has 0 bridgehead atoms. The van der Waals surface area contributed by atoms with Crippen LogP contribution in [0.5, 0.6) is 11.5 Å². The van der Waals surface area contributed by atoms with Crippen molar-refractivity contribution < 1.29 is 17.9 Å². The van der Waals surface area contributed by atoms with Crippen LogP contribution < -0.4 is 9.47 Å². The summed E-state index contributed by atoms with van der Waals surface area (Å²) in [7, 11) is -3.28. The van der Waals surface area contributed by atoms with Crippen molar-refractivity contribution in [3.63, 3.8) is 0 Å². The van der Waals surface area contributed by atoms with E-state index in [1.807, 2.05) is 6.07 Å². The molecule has 1 aromatic heterocycles. The Labute approximate surface area is 108 Å². The Kier molecular flexibility index (Phi) is 2.67. The molecule has 2 aromatic rings. The number of hydrogen-bond donors (Lipinski definition) is 0. The highest BCUT2D eigenvalue weighted by molar-refractivity contribution is 7.93. The van der Waals surface area contributed by atoms with Crippen molar-refractivity contribution >= 4 is 31.4 Å². The average Bonchev–Trinajstić information content (AvgIpc) is 2.84. The number of aromatic nitrogens is 1. The number of nitrogens with zero attached hydrogens (tertiary/aromatic N) is 1. The summed E-state index contributed by atoms with van der Waals surface area (Å²) in [4.78, 5) is 4.19. The molecule has 0 amide bonds. The van der Waals surface area contributed by atoms with Crippen LogP contribution in [0, 0.1) is 0 Å². The zero-order valence-electron chi connectivity index (χ0n) is 9.67. The van der Waals surface area contributed by atoms with Gasteiger partial charge in [0.05, 0.1) is 10.5 Å². The maximum absolute atomic E-state index is 11.8. The van der Waals surface area contributed by atoms with Crippen LogP contribution in [0.1, 0.15) is 6.92 Å². The zero-order chi connectivity index (χ0) is 12.8. The third-order valence-corrected chi connectivity index (χ3v) is 5.90. The van der Waals surface area contributed by atoms with Gasteiger partial charge in [0.2, 0.25) is 14.2 Å². The molecule has 0 unspecified atom stereocenters. The Morgan fingerprint density at radius 3 is 2.89 bits per heavy atom. The molecule has 0 saturated heterocycles. The van der Waals surface area contributed by atoms with Crippen LogP contribution in [0.15, 0.2) is 16.5 Å². The van der Waals surface area contributed by atoms with Gasteiger partial charge in [0, 0.05) is 0 Å². The number of benzene rings is 1. The maximum Gasteiger partial charge on any atom is 0.210 e. The third-order valence-electron chi connectivity index (χ3n) is 2.69. The molecule has 0 radical (unpaired) electrons. The van der Waals surface area contributed by atoms with Gasteiger partial charge < -0.3 is 9.47 Å². The van der Waals surface area contributed by atoms with Crippen LogP contribution in [0.2, 0.25) is 0 Å². The van der Waals surface area contributed by atoms with Gasteiger partial charge in [0.15, 0.2) is 11.5 Å². The Bertz CT molecular complexity index is 705. The van der Waals surface area contributed by atoms with Gasteiger partial charge >= 0.3 is 0 Å². The van der Waals surface area contributed by atoms with E-state index in [1.54, 1.807) is 13.0 Å². The number of rotatable bonds is 2. The van der Waals surface area contributed by atoms with Gasteiger partial charge in [-0.05, 0) is 12.1 Å². The molecule has 0 spiro atoms. The molecule has 1 aliphatic rings. The molecule has 0 aliphatic carbocycles.